The Morgan fingerprint density at radius 2 is 1.96 bits per heavy atom. The molecule has 23 heavy (non-hydrogen) atoms. The van der Waals surface area contributed by atoms with Crippen LogP contribution in [0.2, 0.25) is 0 Å². The molecular weight excluding hydrogens is 290 g/mol. The average molecular weight is 309 g/mol. The van der Waals surface area contributed by atoms with Gasteiger partial charge in [0.05, 0.1) is 6.07 Å². The first-order valence-corrected chi connectivity index (χ1v) is 7.88. The monoisotopic (exact) mass is 309 g/mol. The molecule has 0 radical (unpaired) electrons. The molecule has 1 aromatic rings. The topological polar surface area (TPSA) is 73.2 Å². The van der Waals surface area contributed by atoms with Crippen molar-refractivity contribution in [1.29, 1.82) is 5.26 Å². The van der Waals surface area contributed by atoms with Gasteiger partial charge in [-0.05, 0) is 62.4 Å². The van der Waals surface area contributed by atoms with E-state index in [2.05, 4.69) is 18.0 Å². The highest BCUT2D eigenvalue weighted by molar-refractivity contribution is 6.00. The van der Waals surface area contributed by atoms with E-state index in [0.29, 0.717) is 11.3 Å². The number of hydrogen-bond acceptors (Lipinski definition) is 3. The minimum atomic E-state index is -0.617. The van der Waals surface area contributed by atoms with E-state index >= 15 is 0 Å². The molecule has 2 aliphatic rings. The molecule has 0 unspecified atom stereocenters. The third-order valence-electron chi connectivity index (χ3n) is 4.57. The van der Waals surface area contributed by atoms with Crippen LogP contribution in [0.25, 0.3) is 0 Å². The van der Waals surface area contributed by atoms with Gasteiger partial charge in [-0.15, -0.1) is 0 Å². The normalized spacial score (nSPS) is 18.2. The number of nitrogens with zero attached hydrogens (tertiary/aromatic N) is 2. The van der Waals surface area contributed by atoms with E-state index in [-0.39, 0.29) is 17.9 Å². The minimum Gasteiger partial charge on any atom is -0.323 e. The standard InChI is InChI=1S/C18H19N3O2/c1-2-16(22)20-14-6-4-13(5-7-14)17(23)21(15-8-9-15)18(12-19)10-3-11-18/h2,4-7,15H,1,3,8-11H2,(H,20,22). The van der Waals surface area contributed by atoms with Gasteiger partial charge in [-0.2, -0.15) is 5.26 Å². The average Bonchev–Trinajstić information content (AvgIpc) is 3.35. The second kappa shape index (κ2) is 5.88. The number of nitrogens with one attached hydrogen (secondary N) is 1. The Labute approximate surface area is 135 Å². The Morgan fingerprint density at radius 1 is 1.30 bits per heavy atom. The van der Waals surface area contributed by atoms with Crippen LogP contribution in [0.3, 0.4) is 0 Å². The van der Waals surface area contributed by atoms with Gasteiger partial charge in [-0.25, -0.2) is 0 Å². The van der Waals surface area contributed by atoms with Crippen LogP contribution in [-0.2, 0) is 4.79 Å². The first kappa shape index (κ1) is 15.3. The van der Waals surface area contributed by atoms with Crippen molar-refractivity contribution in [3.63, 3.8) is 0 Å². The van der Waals surface area contributed by atoms with Crippen LogP contribution in [0.1, 0.15) is 42.5 Å². The molecule has 2 fully saturated rings. The summed E-state index contributed by atoms with van der Waals surface area (Å²) in [5, 5.41) is 12.2. The highest BCUT2D eigenvalue weighted by atomic mass is 16.2. The number of carbonyl (C=O) groups is 2. The molecule has 0 bridgehead atoms. The van der Waals surface area contributed by atoms with Crippen molar-refractivity contribution in [2.24, 2.45) is 0 Å². The van der Waals surface area contributed by atoms with Crippen LogP contribution in [0.4, 0.5) is 5.69 Å². The number of nitriles is 1. The number of amides is 2. The molecule has 2 aliphatic carbocycles. The lowest BCUT2D eigenvalue weighted by Crippen LogP contribution is -2.56. The maximum absolute atomic E-state index is 12.9. The fourth-order valence-electron chi connectivity index (χ4n) is 2.99. The maximum atomic E-state index is 12.9. The molecule has 0 heterocycles. The van der Waals surface area contributed by atoms with Crippen LogP contribution in [0.15, 0.2) is 36.9 Å². The van der Waals surface area contributed by atoms with Gasteiger partial charge >= 0.3 is 0 Å². The lowest BCUT2D eigenvalue weighted by atomic mass is 9.76. The zero-order valence-electron chi connectivity index (χ0n) is 12.9. The van der Waals surface area contributed by atoms with Gasteiger partial charge in [0.25, 0.3) is 5.91 Å². The third kappa shape index (κ3) is 2.85. The van der Waals surface area contributed by atoms with Gasteiger partial charge in [-0.1, -0.05) is 6.58 Å². The first-order valence-electron chi connectivity index (χ1n) is 7.88. The molecule has 0 aromatic heterocycles. The zero-order valence-corrected chi connectivity index (χ0v) is 12.9. The van der Waals surface area contributed by atoms with Crippen molar-refractivity contribution in [3.05, 3.63) is 42.5 Å². The molecule has 5 nitrogen and oxygen atoms in total. The van der Waals surface area contributed by atoms with E-state index in [4.69, 9.17) is 0 Å². The molecule has 2 saturated carbocycles. The summed E-state index contributed by atoms with van der Waals surface area (Å²) >= 11 is 0. The summed E-state index contributed by atoms with van der Waals surface area (Å²) in [5.74, 6) is -0.378. The molecule has 0 spiro atoms. The second-order valence-corrected chi connectivity index (χ2v) is 6.17. The fourth-order valence-corrected chi connectivity index (χ4v) is 2.99. The molecule has 0 saturated heterocycles. The van der Waals surface area contributed by atoms with E-state index in [1.165, 1.54) is 6.08 Å². The van der Waals surface area contributed by atoms with Crippen LogP contribution in [0, 0.1) is 11.3 Å². The van der Waals surface area contributed by atoms with Gasteiger partial charge in [0, 0.05) is 17.3 Å². The van der Waals surface area contributed by atoms with Crippen LogP contribution in [-0.4, -0.2) is 28.3 Å². The van der Waals surface area contributed by atoms with E-state index < -0.39 is 5.54 Å². The SMILES string of the molecule is C=CC(=O)Nc1ccc(C(=O)N(C2CC2)C2(C#N)CCC2)cc1. The van der Waals surface area contributed by atoms with E-state index in [0.717, 1.165) is 32.1 Å². The Hall–Kier alpha value is -2.61. The predicted molar refractivity (Wildman–Crippen MR) is 86.7 cm³/mol. The lowest BCUT2D eigenvalue weighted by Gasteiger charge is -2.45. The van der Waals surface area contributed by atoms with Gasteiger partial charge in [0.15, 0.2) is 0 Å². The largest absolute Gasteiger partial charge is 0.323 e. The lowest BCUT2D eigenvalue weighted by molar-refractivity contribution is -0.111. The van der Waals surface area contributed by atoms with Crippen molar-refractivity contribution in [2.75, 3.05) is 5.32 Å². The summed E-state index contributed by atoms with van der Waals surface area (Å²) in [6, 6.07) is 9.34. The molecular formula is C18H19N3O2. The van der Waals surface area contributed by atoms with Crippen LogP contribution < -0.4 is 5.32 Å². The third-order valence-corrected chi connectivity index (χ3v) is 4.57. The van der Waals surface area contributed by atoms with Crippen molar-refractivity contribution < 1.29 is 9.59 Å². The number of anilines is 1. The molecule has 5 heteroatoms. The molecule has 2 amide bonds. The predicted octanol–water partition coefficient (Wildman–Crippen LogP) is 2.86. The van der Waals surface area contributed by atoms with Gasteiger partial charge in [0.2, 0.25) is 5.91 Å². The minimum absolute atomic E-state index is 0.0876. The summed E-state index contributed by atoms with van der Waals surface area (Å²) in [6.07, 6.45) is 5.67. The highest BCUT2D eigenvalue weighted by Crippen LogP contribution is 2.44. The number of benzene rings is 1. The van der Waals surface area contributed by atoms with Crippen LogP contribution >= 0.6 is 0 Å². The number of carbonyl (C=O) groups excluding carboxylic acids is 2. The van der Waals surface area contributed by atoms with Gasteiger partial charge in [-0.3, -0.25) is 9.59 Å². The highest BCUT2D eigenvalue weighted by Gasteiger charge is 2.51. The molecule has 118 valence electrons. The summed E-state index contributed by atoms with van der Waals surface area (Å²) in [4.78, 5) is 26.0. The van der Waals surface area contributed by atoms with Gasteiger partial charge in [0.1, 0.15) is 5.54 Å². The van der Waals surface area contributed by atoms with Gasteiger partial charge < -0.3 is 10.2 Å². The van der Waals surface area contributed by atoms with Crippen molar-refractivity contribution in [1.82, 2.24) is 4.90 Å². The molecule has 1 N–H and O–H groups in total. The molecule has 0 atom stereocenters. The molecule has 1 aromatic carbocycles. The molecule has 3 rings (SSSR count). The Balaban J connectivity index is 1.80. The number of hydrogen-bond donors (Lipinski definition) is 1. The van der Waals surface area contributed by atoms with E-state index in [1.807, 2.05) is 0 Å². The number of rotatable bonds is 5. The van der Waals surface area contributed by atoms with Crippen molar-refractivity contribution in [3.8, 4) is 6.07 Å². The van der Waals surface area contributed by atoms with Crippen molar-refractivity contribution >= 4 is 17.5 Å². The second-order valence-electron chi connectivity index (χ2n) is 6.17. The van der Waals surface area contributed by atoms with Crippen molar-refractivity contribution in [2.45, 2.75) is 43.7 Å². The van der Waals surface area contributed by atoms with E-state index in [9.17, 15) is 14.9 Å². The summed E-state index contributed by atoms with van der Waals surface area (Å²) in [6.45, 7) is 3.40. The quantitative estimate of drug-likeness (QED) is 0.850. The smallest absolute Gasteiger partial charge is 0.255 e. The summed E-state index contributed by atoms with van der Waals surface area (Å²) in [7, 11) is 0. The fraction of sp³-hybridized carbons (Fsp3) is 0.389. The zero-order chi connectivity index (χ0) is 16.4. The van der Waals surface area contributed by atoms with Crippen LogP contribution in [0.5, 0.6) is 0 Å². The van der Waals surface area contributed by atoms with E-state index in [1.54, 1.807) is 29.2 Å². The first-order chi connectivity index (χ1) is 11.1. The summed E-state index contributed by atoms with van der Waals surface area (Å²) in [5.41, 5.74) is 0.548. The Morgan fingerprint density at radius 3 is 2.39 bits per heavy atom. The molecule has 0 aliphatic heterocycles. The Kier molecular flexibility index (Phi) is 3.91. The maximum Gasteiger partial charge on any atom is 0.255 e. The Bertz CT molecular complexity index is 679. The summed E-state index contributed by atoms with van der Waals surface area (Å²) < 4.78 is 0.